The Morgan fingerprint density at radius 3 is 2.39 bits per heavy atom. The zero-order valence-electron chi connectivity index (χ0n) is 14.2. The van der Waals surface area contributed by atoms with Crippen LogP contribution in [-0.4, -0.2) is 11.7 Å². The molecule has 1 saturated heterocycles. The molecule has 2 nitrogen and oxygen atoms in total. The first-order chi connectivity index (χ1) is 10.9. The van der Waals surface area contributed by atoms with E-state index in [0.717, 1.165) is 5.69 Å². The first-order valence-electron chi connectivity index (χ1n) is 7.97. The summed E-state index contributed by atoms with van der Waals surface area (Å²) in [4.78, 5) is 14.3. The Hall–Kier alpha value is -1.74. The van der Waals surface area contributed by atoms with Gasteiger partial charge in [-0.1, -0.05) is 57.2 Å². The molecule has 1 fully saturated rings. The van der Waals surface area contributed by atoms with Crippen LogP contribution in [0.15, 0.2) is 48.5 Å². The summed E-state index contributed by atoms with van der Waals surface area (Å²) in [7, 11) is 0. The van der Waals surface area contributed by atoms with Gasteiger partial charge in [-0.2, -0.15) is 0 Å². The third kappa shape index (κ3) is 3.30. The Balaban J connectivity index is 1.93. The predicted molar refractivity (Wildman–Crippen MR) is 99.0 cm³/mol. The highest BCUT2D eigenvalue weighted by Gasteiger charge is 2.34. The zero-order valence-corrected chi connectivity index (χ0v) is 15.0. The second-order valence-electron chi connectivity index (χ2n) is 7.14. The highest BCUT2D eigenvalue weighted by molar-refractivity contribution is 8.00. The standard InChI is InChI=1S/C20H23NOS/c1-14-6-5-7-17(12-14)21-18(22)13-23-19(21)15-8-10-16(11-9-15)20(2,3)4/h5-12,19H,13H2,1-4H3. The van der Waals surface area contributed by atoms with Crippen LogP contribution in [0.5, 0.6) is 0 Å². The first-order valence-corrected chi connectivity index (χ1v) is 9.02. The lowest BCUT2D eigenvalue weighted by atomic mass is 9.86. The van der Waals surface area contributed by atoms with E-state index < -0.39 is 0 Å². The zero-order chi connectivity index (χ0) is 16.6. The molecule has 0 aromatic heterocycles. The third-order valence-corrected chi connectivity index (χ3v) is 5.42. The van der Waals surface area contributed by atoms with Crippen LogP contribution >= 0.6 is 11.8 Å². The topological polar surface area (TPSA) is 20.3 Å². The minimum atomic E-state index is 0.0679. The number of benzene rings is 2. The van der Waals surface area contributed by atoms with Gasteiger partial charge in [-0.15, -0.1) is 11.8 Å². The molecule has 2 aromatic rings. The molecule has 3 heteroatoms. The van der Waals surface area contributed by atoms with Crippen molar-refractivity contribution in [3.8, 4) is 0 Å². The highest BCUT2D eigenvalue weighted by atomic mass is 32.2. The number of amides is 1. The average Bonchev–Trinajstić information content (AvgIpc) is 2.88. The van der Waals surface area contributed by atoms with Gasteiger partial charge in [0.1, 0.15) is 5.37 Å². The Morgan fingerprint density at radius 2 is 1.78 bits per heavy atom. The van der Waals surface area contributed by atoms with Crippen molar-refractivity contribution in [2.24, 2.45) is 0 Å². The van der Waals surface area contributed by atoms with Crippen molar-refractivity contribution in [2.45, 2.75) is 38.5 Å². The highest BCUT2D eigenvalue weighted by Crippen LogP contribution is 2.42. The molecule has 0 N–H and O–H groups in total. The van der Waals surface area contributed by atoms with Gasteiger partial charge < -0.3 is 0 Å². The number of hydrogen-bond acceptors (Lipinski definition) is 2. The Morgan fingerprint density at radius 1 is 1.09 bits per heavy atom. The lowest BCUT2D eigenvalue weighted by Gasteiger charge is -2.26. The van der Waals surface area contributed by atoms with Crippen LogP contribution in [0.4, 0.5) is 5.69 Å². The van der Waals surface area contributed by atoms with E-state index in [0.29, 0.717) is 5.75 Å². The number of carbonyl (C=O) groups is 1. The normalized spacial score (nSPS) is 18.5. The molecule has 0 spiro atoms. The van der Waals surface area contributed by atoms with Crippen molar-refractivity contribution in [3.05, 3.63) is 65.2 Å². The van der Waals surface area contributed by atoms with E-state index in [1.807, 2.05) is 17.0 Å². The molecule has 0 saturated carbocycles. The smallest absolute Gasteiger partial charge is 0.238 e. The van der Waals surface area contributed by atoms with Crippen molar-refractivity contribution in [1.82, 2.24) is 0 Å². The number of anilines is 1. The molecule has 3 rings (SSSR count). The van der Waals surface area contributed by atoms with E-state index in [4.69, 9.17) is 0 Å². The Kier molecular flexibility index (Phi) is 4.24. The number of nitrogens with zero attached hydrogens (tertiary/aromatic N) is 1. The predicted octanol–water partition coefficient (Wildman–Crippen LogP) is 5.07. The summed E-state index contributed by atoms with van der Waals surface area (Å²) in [6.45, 7) is 8.71. The molecular formula is C20H23NOS. The van der Waals surface area contributed by atoms with Crippen molar-refractivity contribution in [2.75, 3.05) is 10.7 Å². The summed E-state index contributed by atoms with van der Waals surface area (Å²) < 4.78 is 0. The molecule has 1 amide bonds. The molecule has 23 heavy (non-hydrogen) atoms. The van der Waals surface area contributed by atoms with Crippen LogP contribution in [0.2, 0.25) is 0 Å². The fraction of sp³-hybridized carbons (Fsp3) is 0.350. The van der Waals surface area contributed by atoms with Crippen LogP contribution in [0.25, 0.3) is 0 Å². The van der Waals surface area contributed by atoms with Gasteiger partial charge in [0.15, 0.2) is 0 Å². The fourth-order valence-corrected chi connectivity index (χ4v) is 4.05. The number of thioether (sulfide) groups is 1. The van der Waals surface area contributed by atoms with Gasteiger partial charge in [0.2, 0.25) is 5.91 Å². The molecule has 0 radical (unpaired) electrons. The molecular weight excluding hydrogens is 302 g/mol. The summed E-state index contributed by atoms with van der Waals surface area (Å²) in [5.41, 5.74) is 4.82. The van der Waals surface area contributed by atoms with Crippen molar-refractivity contribution in [3.63, 3.8) is 0 Å². The molecule has 1 aliphatic rings. The van der Waals surface area contributed by atoms with Gasteiger partial charge in [0.25, 0.3) is 0 Å². The van der Waals surface area contributed by atoms with Crippen molar-refractivity contribution < 1.29 is 4.79 Å². The van der Waals surface area contributed by atoms with E-state index in [1.54, 1.807) is 11.8 Å². The van der Waals surface area contributed by atoms with E-state index in [9.17, 15) is 4.79 Å². The molecule has 2 aromatic carbocycles. The second-order valence-corrected chi connectivity index (χ2v) is 8.21. The van der Waals surface area contributed by atoms with Gasteiger partial charge in [0.05, 0.1) is 5.75 Å². The number of carbonyl (C=O) groups excluding carboxylic acids is 1. The van der Waals surface area contributed by atoms with Crippen LogP contribution in [0.3, 0.4) is 0 Å². The first kappa shape index (κ1) is 16.1. The maximum absolute atomic E-state index is 12.4. The lowest BCUT2D eigenvalue weighted by molar-refractivity contribution is -0.115. The van der Waals surface area contributed by atoms with E-state index in [2.05, 4.69) is 64.1 Å². The van der Waals surface area contributed by atoms with Gasteiger partial charge in [0, 0.05) is 5.69 Å². The summed E-state index contributed by atoms with van der Waals surface area (Å²) in [5.74, 6) is 0.727. The number of rotatable bonds is 2. The maximum Gasteiger partial charge on any atom is 0.238 e. The monoisotopic (exact) mass is 325 g/mol. The maximum atomic E-state index is 12.4. The number of aryl methyl sites for hydroxylation is 1. The van der Waals surface area contributed by atoms with Crippen LogP contribution in [0.1, 0.15) is 42.8 Å². The molecule has 1 unspecified atom stereocenters. The quantitative estimate of drug-likeness (QED) is 0.768. The summed E-state index contributed by atoms with van der Waals surface area (Å²) in [6, 6.07) is 16.9. The summed E-state index contributed by atoms with van der Waals surface area (Å²) >= 11 is 1.70. The average molecular weight is 325 g/mol. The van der Waals surface area contributed by atoms with Gasteiger partial charge in [-0.05, 0) is 41.2 Å². The minimum Gasteiger partial charge on any atom is -0.295 e. The van der Waals surface area contributed by atoms with Crippen molar-refractivity contribution in [1.29, 1.82) is 0 Å². The number of hydrogen-bond donors (Lipinski definition) is 0. The largest absolute Gasteiger partial charge is 0.295 e. The summed E-state index contributed by atoms with van der Waals surface area (Å²) in [6.07, 6.45) is 0. The minimum absolute atomic E-state index is 0.0679. The van der Waals surface area contributed by atoms with Gasteiger partial charge in [-0.25, -0.2) is 0 Å². The van der Waals surface area contributed by atoms with Crippen LogP contribution in [0, 0.1) is 6.92 Å². The second kappa shape index (κ2) is 6.04. The molecule has 120 valence electrons. The van der Waals surface area contributed by atoms with E-state index in [1.165, 1.54) is 16.7 Å². The third-order valence-electron chi connectivity index (χ3n) is 4.21. The lowest BCUT2D eigenvalue weighted by Crippen LogP contribution is -2.27. The summed E-state index contributed by atoms with van der Waals surface area (Å²) in [5, 5.41) is 0.0679. The Bertz CT molecular complexity index is 715. The SMILES string of the molecule is Cc1cccc(N2C(=O)CSC2c2ccc(C(C)(C)C)cc2)c1. The molecule has 0 aliphatic carbocycles. The van der Waals surface area contributed by atoms with Gasteiger partial charge in [-0.3, -0.25) is 9.69 Å². The molecule has 0 bridgehead atoms. The molecule has 1 atom stereocenters. The molecule has 1 heterocycles. The van der Waals surface area contributed by atoms with Gasteiger partial charge >= 0.3 is 0 Å². The molecule has 1 aliphatic heterocycles. The van der Waals surface area contributed by atoms with E-state index >= 15 is 0 Å². The fourth-order valence-electron chi connectivity index (χ4n) is 2.88. The van der Waals surface area contributed by atoms with Crippen LogP contribution in [-0.2, 0) is 10.2 Å². The van der Waals surface area contributed by atoms with Crippen molar-refractivity contribution >= 4 is 23.4 Å². The van der Waals surface area contributed by atoms with Crippen LogP contribution < -0.4 is 4.90 Å². The Labute approximate surface area is 142 Å². The van der Waals surface area contributed by atoms with E-state index in [-0.39, 0.29) is 16.7 Å².